The van der Waals surface area contributed by atoms with Gasteiger partial charge in [0.15, 0.2) is 0 Å². The standard InChI is InChI=1S/C18H21P/c1-15-9-8-14-18(15)19(16-10-4-2-5-11-16)17-12-6-3-7-13-17/h2-7,10-13,15,18H,8-9,14H2,1H3/t15?,18-/m1/s1. The summed E-state index contributed by atoms with van der Waals surface area (Å²) in [5.41, 5.74) is 0.861. The van der Waals surface area contributed by atoms with Gasteiger partial charge in [0.05, 0.1) is 0 Å². The Morgan fingerprint density at radius 1 is 0.789 bits per heavy atom. The zero-order valence-electron chi connectivity index (χ0n) is 11.5. The Balaban J connectivity index is 2.01. The van der Waals surface area contributed by atoms with E-state index >= 15 is 0 Å². The van der Waals surface area contributed by atoms with Crippen molar-refractivity contribution in [1.82, 2.24) is 0 Å². The van der Waals surface area contributed by atoms with Crippen LogP contribution in [0.15, 0.2) is 60.7 Å². The number of rotatable bonds is 3. The highest BCUT2D eigenvalue weighted by Gasteiger charge is 2.32. The summed E-state index contributed by atoms with van der Waals surface area (Å²) < 4.78 is 0. The minimum atomic E-state index is -0.191. The molecule has 1 heteroatoms. The maximum absolute atomic E-state index is 2.44. The summed E-state index contributed by atoms with van der Waals surface area (Å²) in [5.74, 6) is 0.867. The minimum Gasteiger partial charge on any atom is -0.0622 e. The van der Waals surface area contributed by atoms with Gasteiger partial charge in [0.25, 0.3) is 0 Å². The van der Waals surface area contributed by atoms with Gasteiger partial charge in [-0.05, 0) is 36.5 Å². The number of hydrogen-bond acceptors (Lipinski definition) is 0. The lowest BCUT2D eigenvalue weighted by Gasteiger charge is -2.28. The first-order chi connectivity index (χ1) is 9.36. The van der Waals surface area contributed by atoms with Crippen molar-refractivity contribution in [2.75, 3.05) is 0 Å². The zero-order chi connectivity index (χ0) is 13.1. The van der Waals surface area contributed by atoms with Gasteiger partial charge in [-0.1, -0.05) is 80.4 Å². The quantitative estimate of drug-likeness (QED) is 0.728. The van der Waals surface area contributed by atoms with E-state index in [-0.39, 0.29) is 7.92 Å². The molecule has 0 N–H and O–H groups in total. The fourth-order valence-corrected chi connectivity index (χ4v) is 6.37. The smallest absolute Gasteiger partial charge is 0.0103 e. The van der Waals surface area contributed by atoms with Gasteiger partial charge in [-0.2, -0.15) is 0 Å². The van der Waals surface area contributed by atoms with Crippen molar-refractivity contribution in [2.24, 2.45) is 5.92 Å². The van der Waals surface area contributed by atoms with Crippen molar-refractivity contribution in [1.29, 1.82) is 0 Å². The fourth-order valence-electron chi connectivity index (χ4n) is 3.22. The second-order valence-corrected chi connectivity index (χ2v) is 7.95. The molecule has 1 aliphatic rings. The Kier molecular flexibility index (Phi) is 3.99. The van der Waals surface area contributed by atoms with Crippen molar-refractivity contribution in [2.45, 2.75) is 31.8 Å². The highest BCUT2D eigenvalue weighted by atomic mass is 31.1. The first kappa shape index (κ1) is 12.9. The van der Waals surface area contributed by atoms with Crippen LogP contribution in [-0.2, 0) is 0 Å². The van der Waals surface area contributed by atoms with Crippen molar-refractivity contribution in [3.05, 3.63) is 60.7 Å². The van der Waals surface area contributed by atoms with E-state index in [1.807, 2.05) is 0 Å². The van der Waals surface area contributed by atoms with E-state index < -0.39 is 0 Å². The zero-order valence-corrected chi connectivity index (χ0v) is 12.4. The molecule has 3 rings (SSSR count). The van der Waals surface area contributed by atoms with Gasteiger partial charge >= 0.3 is 0 Å². The maximum Gasteiger partial charge on any atom is -0.0103 e. The SMILES string of the molecule is CC1CCC[C@H]1P(c1ccccc1)c1ccccc1. The highest BCUT2D eigenvalue weighted by Crippen LogP contribution is 2.49. The molecule has 0 aromatic heterocycles. The van der Waals surface area contributed by atoms with Gasteiger partial charge in [0.2, 0.25) is 0 Å². The van der Waals surface area contributed by atoms with Crippen LogP contribution < -0.4 is 10.6 Å². The van der Waals surface area contributed by atoms with E-state index in [1.165, 1.54) is 19.3 Å². The van der Waals surface area contributed by atoms with E-state index in [2.05, 4.69) is 67.6 Å². The van der Waals surface area contributed by atoms with Gasteiger partial charge in [-0.15, -0.1) is 0 Å². The molecule has 0 saturated heterocycles. The predicted octanol–water partition coefficient (Wildman–Crippen LogP) is 4.31. The predicted molar refractivity (Wildman–Crippen MR) is 85.9 cm³/mol. The molecule has 0 amide bonds. The van der Waals surface area contributed by atoms with Crippen LogP contribution >= 0.6 is 7.92 Å². The molecule has 0 heterocycles. The molecule has 1 saturated carbocycles. The maximum atomic E-state index is 2.44. The fraction of sp³-hybridized carbons (Fsp3) is 0.333. The summed E-state index contributed by atoms with van der Waals surface area (Å²) in [5, 5.41) is 3.09. The first-order valence-corrected chi connectivity index (χ1v) is 8.66. The molecule has 0 radical (unpaired) electrons. The molecule has 0 spiro atoms. The summed E-state index contributed by atoms with van der Waals surface area (Å²) in [6, 6.07) is 22.3. The average Bonchev–Trinajstić information content (AvgIpc) is 2.88. The van der Waals surface area contributed by atoms with Crippen molar-refractivity contribution in [3.8, 4) is 0 Å². The van der Waals surface area contributed by atoms with Gasteiger partial charge in [0, 0.05) is 0 Å². The molecule has 19 heavy (non-hydrogen) atoms. The molecule has 1 unspecified atom stereocenters. The monoisotopic (exact) mass is 268 g/mol. The number of hydrogen-bond donors (Lipinski definition) is 0. The van der Waals surface area contributed by atoms with Gasteiger partial charge in [-0.3, -0.25) is 0 Å². The average molecular weight is 268 g/mol. The van der Waals surface area contributed by atoms with Crippen LogP contribution in [0.4, 0.5) is 0 Å². The summed E-state index contributed by atoms with van der Waals surface area (Å²) in [6.07, 6.45) is 4.21. The van der Waals surface area contributed by atoms with Gasteiger partial charge in [-0.25, -0.2) is 0 Å². The molecule has 1 aliphatic carbocycles. The Bertz CT molecular complexity index is 466. The molecule has 2 atom stereocenters. The van der Waals surface area contributed by atoms with E-state index in [1.54, 1.807) is 10.6 Å². The molecule has 2 aromatic carbocycles. The third-order valence-corrected chi connectivity index (χ3v) is 7.36. The molecular weight excluding hydrogens is 247 g/mol. The topological polar surface area (TPSA) is 0 Å². The lowest BCUT2D eigenvalue weighted by molar-refractivity contribution is 0.621. The summed E-state index contributed by atoms with van der Waals surface area (Å²) in [4.78, 5) is 0. The van der Waals surface area contributed by atoms with Crippen molar-refractivity contribution in [3.63, 3.8) is 0 Å². The Labute approximate surface area is 117 Å². The largest absolute Gasteiger partial charge is 0.0622 e. The summed E-state index contributed by atoms with van der Waals surface area (Å²) >= 11 is 0. The summed E-state index contributed by atoms with van der Waals surface area (Å²) in [7, 11) is -0.191. The van der Waals surface area contributed by atoms with Crippen LogP contribution in [0.25, 0.3) is 0 Å². The van der Waals surface area contributed by atoms with E-state index in [0.717, 1.165) is 11.6 Å². The Hall–Kier alpha value is -1.13. The summed E-state index contributed by atoms with van der Waals surface area (Å²) in [6.45, 7) is 2.44. The van der Waals surface area contributed by atoms with Gasteiger partial charge in [0.1, 0.15) is 0 Å². The minimum absolute atomic E-state index is 0.191. The second-order valence-electron chi connectivity index (χ2n) is 5.52. The molecule has 98 valence electrons. The van der Waals surface area contributed by atoms with E-state index in [0.29, 0.717) is 0 Å². The second kappa shape index (κ2) is 5.88. The van der Waals surface area contributed by atoms with Crippen LogP contribution in [0.5, 0.6) is 0 Å². The normalized spacial score (nSPS) is 22.8. The van der Waals surface area contributed by atoms with Crippen LogP contribution in [0.1, 0.15) is 26.2 Å². The van der Waals surface area contributed by atoms with Crippen LogP contribution in [0.2, 0.25) is 0 Å². The molecule has 0 bridgehead atoms. The highest BCUT2D eigenvalue weighted by molar-refractivity contribution is 7.73. The van der Waals surface area contributed by atoms with Crippen molar-refractivity contribution >= 4 is 18.5 Å². The van der Waals surface area contributed by atoms with E-state index in [9.17, 15) is 0 Å². The van der Waals surface area contributed by atoms with Crippen LogP contribution in [0, 0.1) is 5.92 Å². The van der Waals surface area contributed by atoms with Crippen LogP contribution in [-0.4, -0.2) is 5.66 Å². The van der Waals surface area contributed by atoms with Crippen LogP contribution in [0.3, 0.4) is 0 Å². The molecule has 2 aromatic rings. The lowest BCUT2D eigenvalue weighted by Crippen LogP contribution is -2.23. The number of benzene rings is 2. The Morgan fingerprint density at radius 3 is 1.74 bits per heavy atom. The molecule has 1 fully saturated rings. The molecule has 0 aliphatic heterocycles. The molecule has 0 nitrogen and oxygen atoms in total. The third-order valence-electron chi connectivity index (χ3n) is 4.22. The third kappa shape index (κ3) is 2.74. The molecular formula is C18H21P. The first-order valence-electron chi connectivity index (χ1n) is 7.25. The van der Waals surface area contributed by atoms with E-state index in [4.69, 9.17) is 0 Å². The lowest BCUT2D eigenvalue weighted by atomic mass is 10.1. The Morgan fingerprint density at radius 2 is 1.32 bits per heavy atom. The van der Waals surface area contributed by atoms with Crippen molar-refractivity contribution < 1.29 is 0 Å². The van der Waals surface area contributed by atoms with Gasteiger partial charge < -0.3 is 0 Å².